The Bertz CT molecular complexity index is 545. The summed E-state index contributed by atoms with van der Waals surface area (Å²) in [5.41, 5.74) is 2.98. The molecule has 0 bridgehead atoms. The van der Waals surface area contributed by atoms with Gasteiger partial charge in [-0.2, -0.15) is 0 Å². The standard InChI is InChI=1S/C18H23BrN2O/c19-18-11-17(22-20-18)16-7-9-21(10-8-16)12-13-1-3-14(4-2-13)15-5-6-15/h1-4,15-17H,5-12H2. The molecule has 4 rings (SSSR count). The first kappa shape index (κ1) is 14.7. The van der Waals surface area contributed by atoms with Gasteiger partial charge >= 0.3 is 0 Å². The van der Waals surface area contributed by atoms with Crippen molar-refractivity contribution in [3.8, 4) is 0 Å². The van der Waals surface area contributed by atoms with Crippen molar-refractivity contribution in [2.24, 2.45) is 11.1 Å². The van der Waals surface area contributed by atoms with Crippen LogP contribution in [0.15, 0.2) is 29.4 Å². The largest absolute Gasteiger partial charge is 0.391 e. The molecule has 22 heavy (non-hydrogen) atoms. The van der Waals surface area contributed by atoms with Crippen LogP contribution in [-0.2, 0) is 11.4 Å². The maximum absolute atomic E-state index is 5.52. The maximum atomic E-state index is 5.52. The first-order chi connectivity index (χ1) is 10.8. The SMILES string of the molecule is BrC1=NOC(C2CCN(Cc3ccc(C4CC4)cc3)CC2)C1. The van der Waals surface area contributed by atoms with Crippen LogP contribution in [0.2, 0.25) is 0 Å². The fraction of sp³-hybridized carbons (Fsp3) is 0.611. The van der Waals surface area contributed by atoms with Crippen LogP contribution in [0.3, 0.4) is 0 Å². The summed E-state index contributed by atoms with van der Waals surface area (Å²) in [4.78, 5) is 8.10. The van der Waals surface area contributed by atoms with Gasteiger partial charge in [0.1, 0.15) is 10.7 Å². The Kier molecular flexibility index (Phi) is 4.23. The first-order valence-electron chi connectivity index (χ1n) is 8.47. The Morgan fingerprint density at radius 2 is 1.82 bits per heavy atom. The Morgan fingerprint density at radius 3 is 2.41 bits per heavy atom. The van der Waals surface area contributed by atoms with E-state index in [0.29, 0.717) is 12.0 Å². The lowest BCUT2D eigenvalue weighted by Crippen LogP contribution is -2.37. The number of nitrogens with zero attached hydrogens (tertiary/aromatic N) is 2. The summed E-state index contributed by atoms with van der Waals surface area (Å²) in [6, 6.07) is 9.32. The van der Waals surface area contributed by atoms with Gasteiger partial charge in [-0.05, 0) is 71.7 Å². The first-order valence-corrected chi connectivity index (χ1v) is 9.26. The van der Waals surface area contributed by atoms with Crippen molar-refractivity contribution in [2.75, 3.05) is 13.1 Å². The van der Waals surface area contributed by atoms with E-state index >= 15 is 0 Å². The van der Waals surface area contributed by atoms with Crippen LogP contribution < -0.4 is 0 Å². The zero-order valence-electron chi connectivity index (χ0n) is 12.9. The second-order valence-corrected chi connectivity index (χ2v) is 7.86. The van der Waals surface area contributed by atoms with Gasteiger partial charge < -0.3 is 4.84 Å². The van der Waals surface area contributed by atoms with Crippen LogP contribution >= 0.6 is 15.9 Å². The summed E-state index contributed by atoms with van der Waals surface area (Å²) in [5.74, 6) is 1.52. The molecule has 0 radical (unpaired) electrons. The lowest BCUT2D eigenvalue weighted by molar-refractivity contribution is 0.0127. The monoisotopic (exact) mass is 362 g/mol. The molecular formula is C18H23BrN2O. The molecule has 118 valence electrons. The molecule has 1 saturated heterocycles. The molecule has 1 aromatic carbocycles. The Morgan fingerprint density at radius 1 is 1.09 bits per heavy atom. The molecule has 1 aromatic rings. The van der Waals surface area contributed by atoms with Crippen molar-refractivity contribution >= 4 is 20.6 Å². The number of halogens is 1. The third kappa shape index (κ3) is 3.38. The Balaban J connectivity index is 1.26. The van der Waals surface area contributed by atoms with E-state index in [1.165, 1.54) is 49.9 Å². The zero-order chi connectivity index (χ0) is 14.9. The number of oxime groups is 1. The minimum atomic E-state index is 0.300. The van der Waals surface area contributed by atoms with Crippen LogP contribution in [0.5, 0.6) is 0 Å². The van der Waals surface area contributed by atoms with Crippen LogP contribution in [0.4, 0.5) is 0 Å². The second kappa shape index (κ2) is 6.32. The molecule has 0 amide bonds. The van der Waals surface area contributed by atoms with Crippen LogP contribution in [0, 0.1) is 5.92 Å². The molecule has 2 aliphatic heterocycles. The van der Waals surface area contributed by atoms with Gasteiger partial charge in [0.05, 0.1) is 0 Å². The highest BCUT2D eigenvalue weighted by Crippen LogP contribution is 2.40. The molecule has 1 aliphatic carbocycles. The molecule has 1 atom stereocenters. The van der Waals surface area contributed by atoms with Gasteiger partial charge in [0.25, 0.3) is 0 Å². The number of benzene rings is 1. The number of rotatable bonds is 4. The van der Waals surface area contributed by atoms with E-state index < -0.39 is 0 Å². The Labute approximate surface area is 140 Å². The summed E-state index contributed by atoms with van der Waals surface area (Å²) < 4.78 is 0.968. The lowest BCUT2D eigenvalue weighted by atomic mass is 9.90. The minimum Gasteiger partial charge on any atom is -0.391 e. The summed E-state index contributed by atoms with van der Waals surface area (Å²) >= 11 is 3.44. The average molecular weight is 363 g/mol. The topological polar surface area (TPSA) is 24.8 Å². The minimum absolute atomic E-state index is 0.300. The van der Waals surface area contributed by atoms with Crippen molar-refractivity contribution in [1.82, 2.24) is 4.90 Å². The van der Waals surface area contributed by atoms with Gasteiger partial charge in [-0.3, -0.25) is 4.90 Å². The summed E-state index contributed by atoms with van der Waals surface area (Å²) in [6.07, 6.45) is 6.47. The van der Waals surface area contributed by atoms with E-state index in [4.69, 9.17) is 4.84 Å². The molecule has 2 heterocycles. The molecule has 1 unspecified atom stereocenters. The van der Waals surface area contributed by atoms with E-state index in [0.717, 1.165) is 23.5 Å². The van der Waals surface area contributed by atoms with Gasteiger partial charge in [0, 0.05) is 18.9 Å². The molecule has 0 aromatic heterocycles. The second-order valence-electron chi connectivity index (χ2n) is 6.94. The molecular weight excluding hydrogens is 340 g/mol. The van der Waals surface area contributed by atoms with E-state index in [1.807, 2.05) is 0 Å². The molecule has 0 N–H and O–H groups in total. The Hall–Kier alpha value is -0.870. The maximum Gasteiger partial charge on any atom is 0.136 e. The molecule has 3 aliphatic rings. The number of likely N-dealkylation sites (tertiary alicyclic amines) is 1. The van der Waals surface area contributed by atoms with Gasteiger partial charge in [-0.1, -0.05) is 29.4 Å². The van der Waals surface area contributed by atoms with E-state index in [-0.39, 0.29) is 0 Å². The van der Waals surface area contributed by atoms with Crippen molar-refractivity contribution in [3.63, 3.8) is 0 Å². The van der Waals surface area contributed by atoms with Gasteiger partial charge in [-0.25, -0.2) is 0 Å². The molecule has 4 heteroatoms. The van der Waals surface area contributed by atoms with Gasteiger partial charge in [0.15, 0.2) is 0 Å². The number of piperidine rings is 1. The lowest BCUT2D eigenvalue weighted by Gasteiger charge is -2.33. The summed E-state index contributed by atoms with van der Waals surface area (Å²) in [6.45, 7) is 3.43. The molecule has 0 spiro atoms. The summed E-state index contributed by atoms with van der Waals surface area (Å²) in [7, 11) is 0. The molecule has 2 fully saturated rings. The third-order valence-electron chi connectivity index (χ3n) is 5.25. The van der Waals surface area contributed by atoms with Gasteiger partial charge in [-0.15, -0.1) is 0 Å². The zero-order valence-corrected chi connectivity index (χ0v) is 14.5. The normalized spacial score (nSPS) is 26.8. The van der Waals surface area contributed by atoms with Crippen LogP contribution in [0.1, 0.15) is 49.1 Å². The van der Waals surface area contributed by atoms with Crippen LogP contribution in [0.25, 0.3) is 0 Å². The molecule has 3 nitrogen and oxygen atoms in total. The highest BCUT2D eigenvalue weighted by molar-refractivity contribution is 9.18. The number of hydrogen-bond acceptors (Lipinski definition) is 3. The smallest absolute Gasteiger partial charge is 0.136 e. The fourth-order valence-corrected chi connectivity index (χ4v) is 4.07. The average Bonchev–Trinajstić information content (AvgIpc) is 3.30. The quantitative estimate of drug-likeness (QED) is 0.798. The van der Waals surface area contributed by atoms with E-state index in [1.54, 1.807) is 0 Å². The highest BCUT2D eigenvalue weighted by atomic mass is 79.9. The van der Waals surface area contributed by atoms with Gasteiger partial charge in [0.2, 0.25) is 0 Å². The number of hydrogen-bond donors (Lipinski definition) is 0. The fourth-order valence-electron chi connectivity index (χ4n) is 3.67. The predicted octanol–water partition coefficient (Wildman–Crippen LogP) is 4.27. The van der Waals surface area contributed by atoms with Crippen molar-refractivity contribution in [3.05, 3.63) is 35.4 Å². The molecule has 1 saturated carbocycles. The predicted molar refractivity (Wildman–Crippen MR) is 92.3 cm³/mol. The van der Waals surface area contributed by atoms with Crippen molar-refractivity contribution in [1.29, 1.82) is 0 Å². The summed E-state index contributed by atoms with van der Waals surface area (Å²) in [5, 5.41) is 4.03. The van der Waals surface area contributed by atoms with E-state index in [9.17, 15) is 0 Å². The van der Waals surface area contributed by atoms with Crippen LogP contribution in [-0.4, -0.2) is 28.7 Å². The van der Waals surface area contributed by atoms with Crippen molar-refractivity contribution < 1.29 is 4.84 Å². The third-order valence-corrected chi connectivity index (χ3v) is 5.72. The highest BCUT2D eigenvalue weighted by Gasteiger charge is 2.31. The van der Waals surface area contributed by atoms with E-state index in [2.05, 4.69) is 50.3 Å². The van der Waals surface area contributed by atoms with Crippen molar-refractivity contribution in [2.45, 2.75) is 50.7 Å².